The Morgan fingerprint density at radius 2 is 1.94 bits per heavy atom. The molecule has 2 heterocycles. The first-order valence-corrected chi connectivity index (χ1v) is 12.4. The number of nitrogens with two attached hydrogens (primary N) is 1. The fourth-order valence-corrected chi connectivity index (χ4v) is 4.64. The monoisotopic (exact) mass is 487 g/mol. The number of amides is 1. The summed E-state index contributed by atoms with van der Waals surface area (Å²) in [6.45, 7) is 3.90. The van der Waals surface area contributed by atoms with E-state index in [-0.39, 0.29) is 12.7 Å². The summed E-state index contributed by atoms with van der Waals surface area (Å²) in [5.41, 5.74) is 11.1. The first kappa shape index (κ1) is 22.5. The molecule has 0 bridgehead atoms. The first-order valence-electron chi connectivity index (χ1n) is 12.4. The number of hydrogen-bond acceptors (Lipinski definition) is 7. The van der Waals surface area contributed by atoms with Crippen LogP contribution in [0.25, 0.3) is 22.2 Å². The molecule has 9 nitrogen and oxygen atoms in total. The third-order valence-corrected chi connectivity index (χ3v) is 6.84. The van der Waals surface area contributed by atoms with Crippen molar-refractivity contribution in [1.82, 2.24) is 14.8 Å². The molecule has 2 aromatic carbocycles. The maximum atomic E-state index is 12.2. The minimum Gasteiger partial charge on any atom is -0.484 e. The van der Waals surface area contributed by atoms with Crippen molar-refractivity contribution in [3.63, 3.8) is 0 Å². The van der Waals surface area contributed by atoms with Gasteiger partial charge < -0.3 is 24.2 Å². The second-order valence-corrected chi connectivity index (χ2v) is 9.70. The normalized spacial score (nSPS) is 16.2. The fourth-order valence-electron chi connectivity index (χ4n) is 4.64. The molecule has 0 radical (unpaired) electrons. The van der Waals surface area contributed by atoms with Crippen LogP contribution in [-0.2, 0) is 11.3 Å². The Kier molecular flexibility index (Phi) is 5.55. The van der Waals surface area contributed by atoms with E-state index in [1.807, 2.05) is 49.4 Å². The van der Waals surface area contributed by atoms with Crippen LogP contribution in [0.2, 0.25) is 0 Å². The number of carbonyl (C=O) groups is 1. The zero-order valence-electron chi connectivity index (χ0n) is 20.4. The van der Waals surface area contributed by atoms with E-state index in [2.05, 4.69) is 20.1 Å². The van der Waals surface area contributed by atoms with Gasteiger partial charge in [0.2, 0.25) is 5.89 Å². The highest BCUT2D eigenvalue weighted by atomic mass is 16.6. The lowest BCUT2D eigenvalue weighted by Crippen LogP contribution is -2.21. The van der Waals surface area contributed by atoms with Crippen LogP contribution in [0, 0.1) is 12.8 Å². The smallest absolute Gasteiger partial charge is 0.411 e. The van der Waals surface area contributed by atoms with Gasteiger partial charge in [-0.15, -0.1) is 10.2 Å². The highest BCUT2D eigenvalue weighted by molar-refractivity contribution is 6.02. The lowest BCUT2D eigenvalue weighted by atomic mass is 10.1. The Hall–Kier alpha value is -4.01. The molecule has 2 fully saturated rings. The number of benzene rings is 2. The summed E-state index contributed by atoms with van der Waals surface area (Å²) < 4.78 is 19.1. The van der Waals surface area contributed by atoms with Crippen LogP contribution in [0.3, 0.4) is 0 Å². The number of fused-ring (bicyclic) bond motifs is 1. The van der Waals surface area contributed by atoms with Crippen molar-refractivity contribution in [3.8, 4) is 17.0 Å². The Bertz CT molecular complexity index is 1420. The molecule has 6 rings (SSSR count). The Balaban J connectivity index is 1.25. The predicted molar refractivity (Wildman–Crippen MR) is 136 cm³/mol. The molecule has 1 unspecified atom stereocenters. The SMILES string of the molecule is Cc1nnc(COc2ccc3c(N)c(-c4ccc(NC(=O)OC(C)C5CC5)cc4)n(C4CC4)c3c2)o1. The topological polar surface area (TPSA) is 117 Å². The second kappa shape index (κ2) is 8.89. The maximum absolute atomic E-state index is 12.2. The van der Waals surface area contributed by atoms with Crippen molar-refractivity contribution < 1.29 is 18.7 Å². The van der Waals surface area contributed by atoms with E-state index in [9.17, 15) is 4.79 Å². The summed E-state index contributed by atoms with van der Waals surface area (Å²) in [7, 11) is 0. The summed E-state index contributed by atoms with van der Waals surface area (Å²) in [5.74, 6) is 2.15. The van der Waals surface area contributed by atoms with E-state index >= 15 is 0 Å². The number of anilines is 2. The molecule has 3 N–H and O–H groups in total. The molecule has 2 aromatic heterocycles. The highest BCUT2D eigenvalue weighted by Gasteiger charge is 2.31. The van der Waals surface area contributed by atoms with Gasteiger partial charge in [-0.3, -0.25) is 5.32 Å². The number of nitrogens with one attached hydrogen (secondary N) is 1. The summed E-state index contributed by atoms with van der Waals surface area (Å²) in [6, 6.07) is 14.0. The van der Waals surface area contributed by atoms with Crippen molar-refractivity contribution in [2.75, 3.05) is 11.1 Å². The number of carbonyl (C=O) groups excluding carboxylic acids is 1. The van der Waals surface area contributed by atoms with Gasteiger partial charge in [0.05, 0.1) is 16.9 Å². The molecule has 0 spiro atoms. The van der Waals surface area contributed by atoms with Gasteiger partial charge in [0.25, 0.3) is 5.89 Å². The molecule has 2 saturated carbocycles. The van der Waals surface area contributed by atoms with E-state index in [0.717, 1.165) is 53.5 Å². The van der Waals surface area contributed by atoms with Gasteiger partial charge in [0.15, 0.2) is 6.61 Å². The summed E-state index contributed by atoms with van der Waals surface area (Å²) in [6.07, 6.45) is 4.00. The van der Waals surface area contributed by atoms with Gasteiger partial charge in [0.1, 0.15) is 11.9 Å². The average molecular weight is 488 g/mol. The van der Waals surface area contributed by atoms with Gasteiger partial charge in [-0.05, 0) is 62.8 Å². The lowest BCUT2D eigenvalue weighted by Gasteiger charge is -2.14. The maximum Gasteiger partial charge on any atom is 0.411 e. The largest absolute Gasteiger partial charge is 0.484 e. The number of rotatable bonds is 8. The minimum atomic E-state index is -0.419. The van der Waals surface area contributed by atoms with Gasteiger partial charge in [-0.1, -0.05) is 12.1 Å². The van der Waals surface area contributed by atoms with Gasteiger partial charge in [-0.25, -0.2) is 4.79 Å². The Labute approximate surface area is 208 Å². The molecule has 186 valence electrons. The number of aryl methyl sites for hydroxylation is 1. The minimum absolute atomic E-state index is 0.0525. The van der Waals surface area contributed by atoms with Crippen LogP contribution in [0.15, 0.2) is 46.9 Å². The van der Waals surface area contributed by atoms with E-state index in [1.165, 1.54) is 0 Å². The third kappa shape index (κ3) is 4.48. The first-order chi connectivity index (χ1) is 17.5. The number of nitrogens with zero attached hydrogens (tertiary/aromatic N) is 3. The van der Waals surface area contributed by atoms with E-state index in [1.54, 1.807) is 6.92 Å². The van der Waals surface area contributed by atoms with E-state index in [4.69, 9.17) is 19.6 Å². The van der Waals surface area contributed by atoms with Crippen molar-refractivity contribution >= 4 is 28.4 Å². The zero-order valence-corrected chi connectivity index (χ0v) is 20.4. The second-order valence-electron chi connectivity index (χ2n) is 9.70. The lowest BCUT2D eigenvalue weighted by molar-refractivity contribution is 0.108. The van der Waals surface area contributed by atoms with Crippen LogP contribution in [-0.4, -0.2) is 27.0 Å². The van der Waals surface area contributed by atoms with Crippen molar-refractivity contribution in [2.45, 2.75) is 58.3 Å². The molecule has 36 heavy (non-hydrogen) atoms. The summed E-state index contributed by atoms with van der Waals surface area (Å²) in [5, 5.41) is 11.6. The summed E-state index contributed by atoms with van der Waals surface area (Å²) in [4.78, 5) is 12.2. The van der Waals surface area contributed by atoms with Crippen LogP contribution in [0.5, 0.6) is 5.75 Å². The van der Waals surface area contributed by atoms with Crippen LogP contribution in [0.1, 0.15) is 50.4 Å². The van der Waals surface area contributed by atoms with Crippen LogP contribution >= 0.6 is 0 Å². The molecular formula is C27H29N5O4. The molecule has 1 atom stereocenters. The van der Waals surface area contributed by atoms with Crippen molar-refractivity contribution in [2.24, 2.45) is 5.92 Å². The molecule has 0 saturated heterocycles. The van der Waals surface area contributed by atoms with E-state index < -0.39 is 6.09 Å². The number of ether oxygens (including phenoxy) is 2. The van der Waals surface area contributed by atoms with E-state index in [0.29, 0.717) is 35.2 Å². The van der Waals surface area contributed by atoms with Crippen molar-refractivity contribution in [1.29, 1.82) is 0 Å². The quantitative estimate of drug-likeness (QED) is 0.320. The molecule has 0 aliphatic heterocycles. The third-order valence-electron chi connectivity index (χ3n) is 6.84. The summed E-state index contributed by atoms with van der Waals surface area (Å²) >= 11 is 0. The fraction of sp³-hybridized carbons (Fsp3) is 0.370. The number of aromatic nitrogens is 3. The molecule has 2 aliphatic rings. The molecule has 2 aliphatic carbocycles. The van der Waals surface area contributed by atoms with Gasteiger partial charge in [-0.2, -0.15) is 0 Å². The van der Waals surface area contributed by atoms with Crippen LogP contribution < -0.4 is 15.8 Å². The molecule has 4 aromatic rings. The average Bonchev–Trinajstić information content (AvgIpc) is 3.80. The number of hydrogen-bond donors (Lipinski definition) is 2. The zero-order chi connectivity index (χ0) is 24.8. The van der Waals surface area contributed by atoms with Crippen LogP contribution in [0.4, 0.5) is 16.2 Å². The predicted octanol–water partition coefficient (Wildman–Crippen LogP) is 5.84. The molecule has 9 heteroatoms. The number of nitrogen functional groups attached to an aromatic ring is 1. The Morgan fingerprint density at radius 3 is 2.61 bits per heavy atom. The Morgan fingerprint density at radius 1 is 1.17 bits per heavy atom. The van der Waals surface area contributed by atoms with Crippen molar-refractivity contribution in [3.05, 3.63) is 54.2 Å². The highest BCUT2D eigenvalue weighted by Crippen LogP contribution is 2.47. The van der Waals surface area contributed by atoms with Gasteiger partial charge in [0, 0.05) is 35.7 Å². The standard InChI is InChI=1S/C27H29N5O4/c1-15(17-3-4-17)35-27(33)29-19-7-5-18(6-8-19)26-25(28)22-12-11-21(13-23(22)32(26)20-9-10-20)34-14-24-31-30-16(2)36-24/h5-8,11-13,15,17,20H,3-4,9-10,14,28H2,1-2H3,(H,29,33). The van der Waals surface area contributed by atoms with Gasteiger partial charge >= 0.3 is 6.09 Å². The molecular weight excluding hydrogens is 458 g/mol. The molecule has 1 amide bonds.